The third-order valence-electron chi connectivity index (χ3n) is 2.04. The second-order valence-corrected chi connectivity index (χ2v) is 7.25. The van der Waals surface area contributed by atoms with E-state index in [2.05, 4.69) is 37.2 Å². The zero-order valence-electron chi connectivity index (χ0n) is 9.20. The normalized spacial score (nSPS) is 11.4. The molecule has 0 saturated carbocycles. The third kappa shape index (κ3) is 3.47. The van der Waals surface area contributed by atoms with Crippen LogP contribution < -0.4 is 5.32 Å². The molecular weight excluding hydrogens is 357 g/mol. The Balaban J connectivity index is 2.99. The van der Waals surface area contributed by atoms with Crippen molar-refractivity contribution < 1.29 is 4.79 Å². The van der Waals surface area contributed by atoms with Crippen LogP contribution >= 0.6 is 43.5 Å². The molecule has 88 valence electrons. The van der Waals surface area contributed by atoms with Crippen molar-refractivity contribution in [2.45, 2.75) is 25.1 Å². The van der Waals surface area contributed by atoms with Gasteiger partial charge in [0.1, 0.15) is 0 Å². The van der Waals surface area contributed by atoms with Crippen LogP contribution in [0.15, 0.2) is 16.6 Å². The highest BCUT2D eigenvalue weighted by Gasteiger charge is 2.24. The zero-order valence-corrected chi connectivity index (χ0v) is 13.1. The van der Waals surface area contributed by atoms with Gasteiger partial charge in [0, 0.05) is 9.50 Å². The lowest BCUT2D eigenvalue weighted by atomic mass is 10.2. The van der Waals surface area contributed by atoms with Crippen LogP contribution in [0.5, 0.6) is 0 Å². The highest BCUT2D eigenvalue weighted by molar-refractivity contribution is 9.10. The van der Waals surface area contributed by atoms with Gasteiger partial charge in [0.15, 0.2) is 0 Å². The first-order valence-corrected chi connectivity index (χ1v) is 6.64. The Bertz CT molecular complexity index is 427. The first kappa shape index (κ1) is 14.0. The van der Waals surface area contributed by atoms with Gasteiger partial charge in [-0.3, -0.25) is 4.79 Å². The number of hydrogen-bond donors (Lipinski definition) is 1. The van der Waals surface area contributed by atoms with E-state index >= 15 is 0 Å². The summed E-state index contributed by atoms with van der Waals surface area (Å²) in [6.45, 7) is 5.48. The fourth-order valence-corrected chi connectivity index (χ4v) is 1.83. The molecule has 0 saturated heterocycles. The molecule has 1 aromatic carbocycles. The molecule has 0 aliphatic rings. The van der Waals surface area contributed by atoms with Crippen LogP contribution in [-0.4, -0.2) is 10.2 Å². The lowest BCUT2D eigenvalue weighted by molar-refractivity contribution is -0.117. The number of alkyl halides is 1. The maximum absolute atomic E-state index is 11.8. The predicted octanol–water partition coefficient (Wildman–Crippen LogP) is 4.52. The number of amides is 1. The number of rotatable bonds is 2. The number of hydrogen-bond acceptors (Lipinski definition) is 1. The lowest BCUT2D eigenvalue weighted by Gasteiger charge is -2.17. The van der Waals surface area contributed by atoms with E-state index in [1.54, 1.807) is 19.9 Å². The Kier molecular flexibility index (Phi) is 4.43. The molecule has 1 rings (SSSR count). The molecule has 0 aliphatic heterocycles. The summed E-state index contributed by atoms with van der Waals surface area (Å²) in [4.78, 5) is 11.8. The van der Waals surface area contributed by atoms with Gasteiger partial charge in [-0.25, -0.2) is 0 Å². The number of benzene rings is 1. The second-order valence-electron chi connectivity index (χ2n) is 4.01. The molecule has 1 amide bonds. The van der Waals surface area contributed by atoms with Crippen molar-refractivity contribution in [2.75, 3.05) is 5.32 Å². The maximum atomic E-state index is 11.8. The molecule has 0 spiro atoms. The SMILES string of the molecule is Cc1cc(Br)c(NC(=O)C(C)(C)Br)cc1Cl. The number of carbonyl (C=O) groups excluding carboxylic acids is 1. The number of nitrogens with one attached hydrogen (secondary N) is 1. The fraction of sp³-hybridized carbons (Fsp3) is 0.364. The summed E-state index contributed by atoms with van der Waals surface area (Å²) in [6, 6.07) is 3.61. The van der Waals surface area contributed by atoms with Crippen LogP contribution in [0, 0.1) is 6.92 Å². The largest absolute Gasteiger partial charge is 0.324 e. The van der Waals surface area contributed by atoms with E-state index in [1.807, 2.05) is 13.0 Å². The summed E-state index contributed by atoms with van der Waals surface area (Å²) in [7, 11) is 0. The number of carbonyl (C=O) groups is 1. The molecule has 0 unspecified atom stereocenters. The van der Waals surface area contributed by atoms with Crippen LogP contribution in [-0.2, 0) is 4.79 Å². The van der Waals surface area contributed by atoms with Gasteiger partial charge in [-0.05, 0) is 54.4 Å². The van der Waals surface area contributed by atoms with Crippen molar-refractivity contribution in [1.82, 2.24) is 0 Å². The molecule has 0 bridgehead atoms. The van der Waals surface area contributed by atoms with E-state index in [4.69, 9.17) is 11.6 Å². The zero-order chi connectivity index (χ0) is 12.5. The number of anilines is 1. The van der Waals surface area contributed by atoms with Crippen LogP contribution in [0.3, 0.4) is 0 Å². The maximum Gasteiger partial charge on any atom is 0.240 e. The van der Waals surface area contributed by atoms with Gasteiger partial charge >= 0.3 is 0 Å². The molecule has 1 aromatic rings. The van der Waals surface area contributed by atoms with Gasteiger partial charge < -0.3 is 5.32 Å². The monoisotopic (exact) mass is 367 g/mol. The van der Waals surface area contributed by atoms with E-state index in [0.29, 0.717) is 10.7 Å². The van der Waals surface area contributed by atoms with E-state index in [1.165, 1.54) is 0 Å². The minimum atomic E-state index is -0.607. The van der Waals surface area contributed by atoms with Crippen LogP contribution in [0.4, 0.5) is 5.69 Å². The van der Waals surface area contributed by atoms with Crippen molar-refractivity contribution in [3.63, 3.8) is 0 Å². The third-order valence-corrected chi connectivity index (χ3v) is 3.46. The average Bonchev–Trinajstić information content (AvgIpc) is 2.12. The summed E-state index contributed by atoms with van der Waals surface area (Å²) >= 11 is 12.7. The Hall–Kier alpha value is -0.0600. The molecule has 5 heteroatoms. The van der Waals surface area contributed by atoms with Crippen molar-refractivity contribution in [3.8, 4) is 0 Å². The van der Waals surface area contributed by atoms with E-state index in [-0.39, 0.29) is 5.91 Å². The summed E-state index contributed by atoms with van der Waals surface area (Å²) in [5, 5.41) is 3.43. The minimum Gasteiger partial charge on any atom is -0.324 e. The molecule has 0 atom stereocenters. The Morgan fingerprint density at radius 1 is 1.44 bits per heavy atom. The highest BCUT2D eigenvalue weighted by atomic mass is 79.9. The van der Waals surface area contributed by atoms with E-state index in [0.717, 1.165) is 10.0 Å². The van der Waals surface area contributed by atoms with E-state index in [9.17, 15) is 4.79 Å². The minimum absolute atomic E-state index is 0.117. The summed E-state index contributed by atoms with van der Waals surface area (Å²) < 4.78 is 0.212. The molecule has 2 nitrogen and oxygen atoms in total. The Labute approximate surface area is 117 Å². The van der Waals surface area contributed by atoms with Gasteiger partial charge in [-0.1, -0.05) is 27.5 Å². The molecule has 0 aliphatic carbocycles. The summed E-state index contributed by atoms with van der Waals surface area (Å²) in [6.07, 6.45) is 0. The van der Waals surface area contributed by atoms with Crippen molar-refractivity contribution in [2.24, 2.45) is 0 Å². The lowest BCUT2D eigenvalue weighted by Crippen LogP contribution is -2.31. The molecule has 0 aromatic heterocycles. The molecule has 0 radical (unpaired) electrons. The number of aryl methyl sites for hydroxylation is 1. The van der Waals surface area contributed by atoms with Gasteiger partial charge in [0.2, 0.25) is 5.91 Å². The quantitative estimate of drug-likeness (QED) is 0.763. The molecule has 16 heavy (non-hydrogen) atoms. The first-order valence-electron chi connectivity index (χ1n) is 4.68. The average molecular weight is 369 g/mol. The summed E-state index contributed by atoms with van der Waals surface area (Å²) in [5.41, 5.74) is 1.64. The van der Waals surface area contributed by atoms with Crippen molar-refractivity contribution >= 4 is 55.1 Å². The van der Waals surface area contributed by atoms with E-state index < -0.39 is 4.32 Å². The summed E-state index contributed by atoms with van der Waals surface area (Å²) in [5.74, 6) is -0.117. The van der Waals surface area contributed by atoms with Crippen molar-refractivity contribution in [3.05, 3.63) is 27.2 Å². The van der Waals surface area contributed by atoms with Crippen LogP contribution in [0.25, 0.3) is 0 Å². The van der Waals surface area contributed by atoms with Gasteiger partial charge in [-0.15, -0.1) is 0 Å². The topological polar surface area (TPSA) is 29.1 Å². The van der Waals surface area contributed by atoms with Gasteiger partial charge in [0.05, 0.1) is 10.0 Å². The Morgan fingerprint density at radius 3 is 2.50 bits per heavy atom. The molecular formula is C11H12Br2ClNO. The predicted molar refractivity (Wildman–Crippen MR) is 75.5 cm³/mol. The van der Waals surface area contributed by atoms with Gasteiger partial charge in [0.25, 0.3) is 0 Å². The standard InChI is InChI=1S/C11H12Br2ClNO/c1-6-4-7(12)9(5-8(6)14)15-10(16)11(2,3)13/h4-5H,1-3H3,(H,15,16). The molecule has 0 heterocycles. The molecule has 0 fully saturated rings. The first-order chi connectivity index (χ1) is 7.21. The fourth-order valence-electron chi connectivity index (χ4n) is 1.01. The van der Waals surface area contributed by atoms with Crippen LogP contribution in [0.1, 0.15) is 19.4 Å². The smallest absolute Gasteiger partial charge is 0.240 e. The van der Waals surface area contributed by atoms with Gasteiger partial charge in [-0.2, -0.15) is 0 Å². The second kappa shape index (κ2) is 5.07. The Morgan fingerprint density at radius 2 is 2.00 bits per heavy atom. The highest BCUT2D eigenvalue weighted by Crippen LogP contribution is 2.30. The molecule has 1 N–H and O–H groups in total. The van der Waals surface area contributed by atoms with Crippen molar-refractivity contribution in [1.29, 1.82) is 0 Å². The number of halogens is 3. The van der Waals surface area contributed by atoms with Crippen LogP contribution in [0.2, 0.25) is 5.02 Å².